The van der Waals surface area contributed by atoms with Crippen molar-refractivity contribution in [1.29, 1.82) is 0 Å². The lowest BCUT2D eigenvalue weighted by molar-refractivity contribution is 0.164. The summed E-state index contributed by atoms with van der Waals surface area (Å²) in [5.41, 5.74) is 0. The summed E-state index contributed by atoms with van der Waals surface area (Å²) in [6.45, 7) is 0. The van der Waals surface area contributed by atoms with Gasteiger partial charge >= 0.3 is 0 Å². The number of halogens is 3. The third-order valence-corrected chi connectivity index (χ3v) is 3.07. The Balaban J connectivity index is 4.24. The summed E-state index contributed by atoms with van der Waals surface area (Å²) < 4.78 is 48.0. The molecule has 0 radical (unpaired) electrons. The van der Waals surface area contributed by atoms with Crippen molar-refractivity contribution in [3.05, 3.63) is 0 Å². The molecular formula is C2H3BrF2O3S. The van der Waals surface area contributed by atoms with Crippen LogP contribution in [0.15, 0.2) is 0 Å². The molecule has 9 heavy (non-hydrogen) atoms. The second-order valence-electron chi connectivity index (χ2n) is 1.20. The first-order valence-electron chi connectivity index (χ1n) is 1.74. The summed E-state index contributed by atoms with van der Waals surface area (Å²) in [7, 11) is -4.64. The molecule has 0 aromatic heterocycles. The maximum absolute atomic E-state index is 11.3. The van der Waals surface area contributed by atoms with Crippen molar-refractivity contribution >= 4 is 26.0 Å². The van der Waals surface area contributed by atoms with Gasteiger partial charge in [-0.1, -0.05) is 15.9 Å². The fraction of sp³-hybridized carbons (Fsp3) is 1.00. The Kier molecular flexibility index (Phi) is 2.97. The molecule has 0 aliphatic carbocycles. The molecule has 0 aromatic carbocycles. The van der Waals surface area contributed by atoms with Crippen LogP contribution in [0.3, 0.4) is 0 Å². The lowest BCUT2D eigenvalue weighted by atomic mass is 10.9. The van der Waals surface area contributed by atoms with E-state index in [-0.39, 0.29) is 0 Å². The fourth-order valence-electron chi connectivity index (χ4n) is 0.130. The van der Waals surface area contributed by atoms with Crippen molar-refractivity contribution in [1.82, 2.24) is 0 Å². The van der Waals surface area contributed by atoms with E-state index >= 15 is 0 Å². The van der Waals surface area contributed by atoms with Crippen LogP contribution < -0.4 is 0 Å². The lowest BCUT2D eigenvalue weighted by Gasteiger charge is -2.01. The molecule has 56 valence electrons. The highest BCUT2D eigenvalue weighted by Crippen LogP contribution is 2.15. The fourth-order valence-corrected chi connectivity index (χ4v) is 0.390. The Labute approximate surface area is 58.9 Å². The third-order valence-electron chi connectivity index (χ3n) is 0.483. The summed E-state index contributed by atoms with van der Waals surface area (Å²) in [5.74, 6) is 0. The van der Waals surface area contributed by atoms with Crippen LogP contribution >= 0.6 is 15.9 Å². The second-order valence-corrected chi connectivity index (χ2v) is 4.33. The van der Waals surface area contributed by atoms with Gasteiger partial charge in [-0.25, -0.2) is 8.78 Å². The van der Waals surface area contributed by atoms with Gasteiger partial charge in [0.25, 0.3) is 16.5 Å². The van der Waals surface area contributed by atoms with Gasteiger partial charge < -0.3 is 0 Å². The Bertz CT molecular complexity index is 176. The van der Waals surface area contributed by atoms with Crippen LogP contribution in [0.2, 0.25) is 0 Å². The van der Waals surface area contributed by atoms with Gasteiger partial charge in [0.15, 0.2) is 0 Å². The zero-order valence-electron chi connectivity index (χ0n) is 3.96. The molecule has 0 rings (SSSR count). The zero-order chi connectivity index (χ0) is 7.65. The van der Waals surface area contributed by atoms with Crippen molar-refractivity contribution < 1.29 is 21.8 Å². The van der Waals surface area contributed by atoms with Gasteiger partial charge in [0, 0.05) is 0 Å². The van der Waals surface area contributed by atoms with Crippen LogP contribution in [0.5, 0.6) is 0 Å². The monoisotopic (exact) mass is 224 g/mol. The van der Waals surface area contributed by atoms with Crippen LogP contribution in [0.25, 0.3) is 0 Å². The first kappa shape index (κ1) is 9.25. The van der Waals surface area contributed by atoms with Crippen molar-refractivity contribution in [3.63, 3.8) is 0 Å². The first-order valence-corrected chi connectivity index (χ1v) is 4.16. The van der Waals surface area contributed by atoms with E-state index < -0.39 is 20.7 Å². The molecule has 0 fully saturated rings. The van der Waals surface area contributed by atoms with E-state index in [0.29, 0.717) is 0 Å². The summed E-state index contributed by atoms with van der Waals surface area (Å²) in [6, 6.07) is 0. The van der Waals surface area contributed by atoms with Crippen molar-refractivity contribution in [2.45, 2.75) is 10.6 Å². The highest BCUT2D eigenvalue weighted by Gasteiger charge is 2.29. The zero-order valence-corrected chi connectivity index (χ0v) is 6.36. The Morgan fingerprint density at radius 3 is 1.78 bits per heavy atom. The molecule has 0 spiro atoms. The molecule has 0 saturated heterocycles. The van der Waals surface area contributed by atoms with Gasteiger partial charge in [0.2, 0.25) is 4.16 Å². The van der Waals surface area contributed by atoms with Crippen LogP contribution in [0.1, 0.15) is 0 Å². The molecule has 0 aliphatic heterocycles. The van der Waals surface area contributed by atoms with Crippen molar-refractivity contribution in [2.24, 2.45) is 0 Å². The van der Waals surface area contributed by atoms with E-state index in [4.69, 9.17) is 4.55 Å². The number of hydrogen-bond acceptors (Lipinski definition) is 2. The third kappa shape index (κ3) is 3.07. The van der Waals surface area contributed by atoms with Gasteiger partial charge in [0.1, 0.15) is 0 Å². The molecule has 0 saturated carbocycles. The number of rotatable bonds is 2. The Morgan fingerprint density at radius 1 is 1.44 bits per heavy atom. The molecule has 3 nitrogen and oxygen atoms in total. The molecule has 0 heterocycles. The predicted octanol–water partition coefficient (Wildman–Crippen LogP) is 0.860. The standard InChI is InChI=1S/C2H3BrF2O3S/c3-1(2(4)5)9(6,7)8/h1-2H,(H,6,7,8). The molecule has 1 unspecified atom stereocenters. The maximum atomic E-state index is 11.3. The van der Waals surface area contributed by atoms with Crippen LogP contribution in [0, 0.1) is 0 Å². The van der Waals surface area contributed by atoms with E-state index in [9.17, 15) is 17.2 Å². The summed E-state index contributed by atoms with van der Waals surface area (Å²) in [6.07, 6.45) is -3.11. The van der Waals surface area contributed by atoms with Crippen molar-refractivity contribution in [3.8, 4) is 0 Å². The Morgan fingerprint density at radius 2 is 1.78 bits per heavy atom. The quantitative estimate of drug-likeness (QED) is 0.560. The topological polar surface area (TPSA) is 54.4 Å². The molecule has 7 heteroatoms. The molecular weight excluding hydrogens is 222 g/mol. The van der Waals surface area contributed by atoms with E-state index in [2.05, 4.69) is 15.9 Å². The maximum Gasteiger partial charge on any atom is 0.283 e. The number of alkyl halides is 3. The van der Waals surface area contributed by atoms with Crippen LogP contribution in [-0.2, 0) is 10.1 Å². The highest BCUT2D eigenvalue weighted by atomic mass is 79.9. The molecule has 0 aliphatic rings. The summed E-state index contributed by atoms with van der Waals surface area (Å²) in [4.78, 5) is 0. The minimum Gasteiger partial charge on any atom is -0.285 e. The SMILES string of the molecule is O=S(=O)(O)C(Br)C(F)F. The Hall–Kier alpha value is 0.250. The van der Waals surface area contributed by atoms with Crippen molar-refractivity contribution in [2.75, 3.05) is 0 Å². The molecule has 1 atom stereocenters. The predicted molar refractivity (Wildman–Crippen MR) is 30.3 cm³/mol. The second kappa shape index (κ2) is 2.89. The van der Waals surface area contributed by atoms with E-state index in [1.165, 1.54) is 0 Å². The minimum atomic E-state index is -4.64. The van der Waals surface area contributed by atoms with Gasteiger partial charge in [-0.2, -0.15) is 8.42 Å². The summed E-state index contributed by atoms with van der Waals surface area (Å²) >= 11 is 2.07. The normalized spacial score (nSPS) is 16.1. The van der Waals surface area contributed by atoms with E-state index in [0.717, 1.165) is 0 Å². The van der Waals surface area contributed by atoms with Gasteiger partial charge in [-0.15, -0.1) is 0 Å². The first-order chi connectivity index (χ1) is 3.85. The van der Waals surface area contributed by atoms with Crippen LogP contribution in [0.4, 0.5) is 8.78 Å². The molecule has 1 N–H and O–H groups in total. The van der Waals surface area contributed by atoms with Crippen LogP contribution in [-0.4, -0.2) is 23.6 Å². The van der Waals surface area contributed by atoms with Gasteiger partial charge in [-0.3, -0.25) is 4.55 Å². The number of hydrogen-bond donors (Lipinski definition) is 1. The van der Waals surface area contributed by atoms with E-state index in [1.807, 2.05) is 0 Å². The molecule has 0 bridgehead atoms. The highest BCUT2D eigenvalue weighted by molar-refractivity contribution is 9.11. The summed E-state index contributed by atoms with van der Waals surface area (Å²) in [5, 5.41) is 0. The van der Waals surface area contributed by atoms with E-state index in [1.54, 1.807) is 0 Å². The minimum absolute atomic E-state index is 2.07. The molecule has 0 aromatic rings. The average molecular weight is 225 g/mol. The largest absolute Gasteiger partial charge is 0.285 e. The smallest absolute Gasteiger partial charge is 0.283 e. The van der Waals surface area contributed by atoms with Gasteiger partial charge in [-0.05, 0) is 0 Å². The average Bonchev–Trinajstić information content (AvgIpc) is 1.62. The lowest BCUT2D eigenvalue weighted by Crippen LogP contribution is -2.21. The molecule has 0 amide bonds. The van der Waals surface area contributed by atoms with Gasteiger partial charge in [0.05, 0.1) is 0 Å².